The lowest BCUT2D eigenvalue weighted by molar-refractivity contribution is -0.143. The normalized spacial score (nSPS) is 15.1. The summed E-state index contributed by atoms with van der Waals surface area (Å²) in [6, 6.07) is 2.97. The number of halogens is 6. The first-order valence-electron chi connectivity index (χ1n) is 8.68. The molecule has 3 rings (SSSR count). The van der Waals surface area contributed by atoms with Crippen LogP contribution in [0.25, 0.3) is 0 Å². The summed E-state index contributed by atoms with van der Waals surface area (Å²) >= 11 is 0. The minimum absolute atomic E-state index is 0.0165. The number of pyridine rings is 1. The number of nitrogens with one attached hydrogen (secondary N) is 2. The SMILES string of the molecule is O=C(Nc1ccc(N2CCOCC2)nc1)Nc1cc(C(F)(F)F)cc(C(F)(F)F)c1. The Labute approximate surface area is 166 Å². The number of rotatable bonds is 3. The van der Waals surface area contributed by atoms with Crippen molar-refractivity contribution in [2.75, 3.05) is 41.8 Å². The molecule has 2 N–H and O–H groups in total. The van der Waals surface area contributed by atoms with E-state index in [1.807, 2.05) is 10.2 Å². The van der Waals surface area contributed by atoms with E-state index >= 15 is 0 Å². The van der Waals surface area contributed by atoms with Gasteiger partial charge in [0.1, 0.15) is 5.82 Å². The fourth-order valence-electron chi connectivity index (χ4n) is 2.76. The number of anilines is 3. The molecule has 0 atom stereocenters. The van der Waals surface area contributed by atoms with Crippen LogP contribution < -0.4 is 15.5 Å². The highest BCUT2D eigenvalue weighted by atomic mass is 19.4. The Bertz CT molecular complexity index is 861. The van der Waals surface area contributed by atoms with Gasteiger partial charge < -0.3 is 20.3 Å². The monoisotopic (exact) mass is 434 g/mol. The lowest BCUT2D eigenvalue weighted by Crippen LogP contribution is -2.36. The zero-order chi connectivity index (χ0) is 21.9. The molecular weight excluding hydrogens is 418 g/mol. The lowest BCUT2D eigenvalue weighted by Gasteiger charge is -2.27. The van der Waals surface area contributed by atoms with Crippen molar-refractivity contribution in [2.24, 2.45) is 0 Å². The van der Waals surface area contributed by atoms with Gasteiger partial charge in [-0.25, -0.2) is 9.78 Å². The molecule has 1 aliphatic rings. The molecule has 0 aliphatic carbocycles. The molecule has 2 aromatic rings. The molecule has 12 heteroatoms. The third kappa shape index (κ3) is 5.53. The Hall–Kier alpha value is -3.02. The zero-order valence-electron chi connectivity index (χ0n) is 15.3. The third-order valence-electron chi connectivity index (χ3n) is 4.19. The van der Waals surface area contributed by atoms with E-state index in [0.717, 1.165) is 0 Å². The molecule has 0 saturated carbocycles. The van der Waals surface area contributed by atoms with Gasteiger partial charge in [0.2, 0.25) is 0 Å². The first kappa shape index (κ1) is 21.7. The minimum atomic E-state index is -5.01. The first-order valence-corrected chi connectivity index (χ1v) is 8.68. The number of urea groups is 1. The number of hydrogen-bond acceptors (Lipinski definition) is 4. The van der Waals surface area contributed by atoms with E-state index in [2.05, 4.69) is 10.3 Å². The van der Waals surface area contributed by atoms with Crippen LogP contribution in [-0.4, -0.2) is 37.3 Å². The second-order valence-electron chi connectivity index (χ2n) is 6.38. The van der Waals surface area contributed by atoms with Crippen LogP contribution in [0, 0.1) is 0 Å². The number of morpholine rings is 1. The van der Waals surface area contributed by atoms with Crippen molar-refractivity contribution in [1.82, 2.24) is 4.98 Å². The van der Waals surface area contributed by atoms with E-state index in [-0.39, 0.29) is 11.8 Å². The standard InChI is InChI=1S/C18H16F6N4O2/c19-17(20,21)11-7-12(18(22,23)24)9-14(8-11)27-16(29)26-13-1-2-15(25-10-13)28-3-5-30-6-4-28/h1-2,7-10H,3-6H2,(H2,26,27,29). The van der Waals surface area contributed by atoms with Gasteiger partial charge in [0.05, 0.1) is 36.2 Å². The Balaban J connectivity index is 1.71. The molecule has 30 heavy (non-hydrogen) atoms. The molecule has 1 aromatic carbocycles. The molecule has 1 aromatic heterocycles. The molecule has 0 spiro atoms. The summed E-state index contributed by atoms with van der Waals surface area (Å²) in [4.78, 5) is 18.2. The average molecular weight is 434 g/mol. The minimum Gasteiger partial charge on any atom is -0.378 e. The van der Waals surface area contributed by atoms with Crippen LogP contribution in [0.3, 0.4) is 0 Å². The van der Waals surface area contributed by atoms with E-state index in [1.54, 1.807) is 6.07 Å². The zero-order valence-corrected chi connectivity index (χ0v) is 15.3. The first-order chi connectivity index (χ1) is 14.0. The quantitative estimate of drug-likeness (QED) is 0.693. The summed E-state index contributed by atoms with van der Waals surface area (Å²) in [5.41, 5.74) is -3.48. The van der Waals surface area contributed by atoms with Gasteiger partial charge >= 0.3 is 18.4 Å². The van der Waals surface area contributed by atoms with Gasteiger partial charge in [0.15, 0.2) is 0 Å². The number of benzene rings is 1. The van der Waals surface area contributed by atoms with Crippen molar-refractivity contribution in [3.05, 3.63) is 47.7 Å². The molecule has 0 unspecified atom stereocenters. The van der Waals surface area contributed by atoms with Gasteiger partial charge in [-0.2, -0.15) is 26.3 Å². The molecule has 6 nitrogen and oxygen atoms in total. The molecule has 162 valence electrons. The summed E-state index contributed by atoms with van der Waals surface area (Å²) in [5, 5.41) is 4.31. The van der Waals surface area contributed by atoms with Gasteiger partial charge in [-0.15, -0.1) is 0 Å². The molecule has 0 radical (unpaired) electrons. The molecular formula is C18H16F6N4O2. The smallest absolute Gasteiger partial charge is 0.378 e. The van der Waals surface area contributed by atoms with Crippen LogP contribution in [0.2, 0.25) is 0 Å². The number of aromatic nitrogens is 1. The van der Waals surface area contributed by atoms with E-state index in [9.17, 15) is 31.1 Å². The van der Waals surface area contributed by atoms with Crippen LogP contribution >= 0.6 is 0 Å². The van der Waals surface area contributed by atoms with Gasteiger partial charge in [0.25, 0.3) is 0 Å². The number of carbonyl (C=O) groups is 1. The fraction of sp³-hybridized carbons (Fsp3) is 0.333. The number of alkyl halides is 6. The second-order valence-corrected chi connectivity index (χ2v) is 6.38. The largest absolute Gasteiger partial charge is 0.416 e. The Morgan fingerprint density at radius 1 is 0.900 bits per heavy atom. The number of ether oxygens (including phenoxy) is 1. The third-order valence-corrected chi connectivity index (χ3v) is 4.19. The van der Waals surface area contributed by atoms with Crippen molar-refractivity contribution < 1.29 is 35.9 Å². The highest BCUT2D eigenvalue weighted by Crippen LogP contribution is 2.37. The summed E-state index contributed by atoms with van der Waals surface area (Å²) in [7, 11) is 0. The number of hydrogen-bond donors (Lipinski definition) is 2. The summed E-state index contributed by atoms with van der Waals surface area (Å²) < 4.78 is 82.6. The molecule has 1 fully saturated rings. The predicted molar refractivity (Wildman–Crippen MR) is 96.4 cm³/mol. The number of nitrogens with zero attached hydrogens (tertiary/aromatic N) is 2. The van der Waals surface area contributed by atoms with Crippen molar-refractivity contribution >= 4 is 23.2 Å². The Morgan fingerprint density at radius 2 is 1.47 bits per heavy atom. The van der Waals surface area contributed by atoms with E-state index in [4.69, 9.17) is 4.74 Å². The number of amides is 2. The lowest BCUT2D eigenvalue weighted by atomic mass is 10.1. The van der Waals surface area contributed by atoms with Crippen LogP contribution in [0.5, 0.6) is 0 Å². The highest BCUT2D eigenvalue weighted by Gasteiger charge is 2.37. The summed E-state index contributed by atoms with van der Waals surface area (Å²) in [6.07, 6.45) is -8.68. The predicted octanol–water partition coefficient (Wildman–Crippen LogP) is 4.60. The van der Waals surface area contributed by atoms with Crippen molar-refractivity contribution in [3.63, 3.8) is 0 Å². The maximum Gasteiger partial charge on any atom is 0.416 e. The Morgan fingerprint density at radius 3 is 1.97 bits per heavy atom. The second kappa shape index (κ2) is 8.38. The van der Waals surface area contributed by atoms with E-state index in [0.29, 0.717) is 44.3 Å². The highest BCUT2D eigenvalue weighted by molar-refractivity contribution is 5.99. The Kier molecular flexibility index (Phi) is 6.06. The average Bonchev–Trinajstić information content (AvgIpc) is 2.67. The van der Waals surface area contributed by atoms with Gasteiger partial charge in [0, 0.05) is 18.8 Å². The van der Waals surface area contributed by atoms with Crippen LogP contribution in [-0.2, 0) is 17.1 Å². The van der Waals surface area contributed by atoms with Crippen molar-refractivity contribution in [3.8, 4) is 0 Å². The van der Waals surface area contributed by atoms with Crippen molar-refractivity contribution in [1.29, 1.82) is 0 Å². The van der Waals surface area contributed by atoms with E-state index in [1.165, 1.54) is 12.3 Å². The maximum atomic E-state index is 12.9. The summed E-state index contributed by atoms with van der Waals surface area (Å²) in [5.74, 6) is 0.650. The molecule has 1 aliphatic heterocycles. The molecule has 2 heterocycles. The number of carbonyl (C=O) groups excluding carboxylic acids is 1. The molecule has 2 amide bonds. The topological polar surface area (TPSA) is 66.5 Å². The van der Waals surface area contributed by atoms with E-state index < -0.39 is 35.2 Å². The van der Waals surface area contributed by atoms with Crippen LogP contribution in [0.1, 0.15) is 11.1 Å². The van der Waals surface area contributed by atoms with Crippen LogP contribution in [0.4, 0.5) is 48.3 Å². The van der Waals surface area contributed by atoms with Gasteiger partial charge in [-0.3, -0.25) is 0 Å². The molecule has 1 saturated heterocycles. The fourth-order valence-corrected chi connectivity index (χ4v) is 2.76. The van der Waals surface area contributed by atoms with Crippen LogP contribution in [0.15, 0.2) is 36.5 Å². The van der Waals surface area contributed by atoms with Gasteiger partial charge in [-0.1, -0.05) is 0 Å². The maximum absolute atomic E-state index is 12.9. The van der Waals surface area contributed by atoms with Gasteiger partial charge in [-0.05, 0) is 30.3 Å². The van der Waals surface area contributed by atoms with Crippen molar-refractivity contribution in [2.45, 2.75) is 12.4 Å². The summed E-state index contributed by atoms with van der Waals surface area (Å²) in [6.45, 7) is 2.41. The molecule has 0 bridgehead atoms.